The first-order valence-electron chi connectivity index (χ1n) is 8.26. The van der Waals surface area contributed by atoms with Crippen molar-refractivity contribution in [3.63, 3.8) is 0 Å². The minimum atomic E-state index is -3.68. The number of nitrogens with zero attached hydrogens (tertiary/aromatic N) is 3. The number of nitrogens with one attached hydrogen (secondary N) is 1. The number of nitrogens with two attached hydrogens (primary N) is 1. The van der Waals surface area contributed by atoms with E-state index < -0.39 is 21.4 Å². The number of aromatic nitrogens is 2. The lowest BCUT2D eigenvalue weighted by atomic mass is 9.93. The zero-order valence-corrected chi connectivity index (χ0v) is 15.6. The zero-order valence-electron chi connectivity index (χ0n) is 14.8. The van der Waals surface area contributed by atoms with Crippen molar-refractivity contribution in [1.29, 1.82) is 0 Å². The normalized spacial score (nSPS) is 22.0. The van der Waals surface area contributed by atoms with Gasteiger partial charge in [0.1, 0.15) is 11.4 Å². The van der Waals surface area contributed by atoms with E-state index in [1.54, 1.807) is 25.3 Å². The number of aromatic amines is 1. The Morgan fingerprint density at radius 2 is 2.07 bits per heavy atom. The molecule has 27 heavy (non-hydrogen) atoms. The Hall–Kier alpha value is -2.94. The van der Waals surface area contributed by atoms with Gasteiger partial charge in [-0.15, -0.1) is 0 Å². The predicted octanol–water partition coefficient (Wildman–Crippen LogP) is 2.17. The molecule has 0 bridgehead atoms. The molecule has 3 N–H and O–H groups in total. The van der Waals surface area contributed by atoms with Crippen LogP contribution in [-0.2, 0) is 15.6 Å². The molecule has 0 spiro atoms. The molecule has 0 aliphatic carbocycles. The third kappa shape index (κ3) is 2.84. The van der Waals surface area contributed by atoms with Crippen molar-refractivity contribution in [2.75, 3.05) is 12.8 Å². The molecule has 1 atom stereocenters. The van der Waals surface area contributed by atoms with E-state index in [0.29, 0.717) is 10.9 Å². The summed E-state index contributed by atoms with van der Waals surface area (Å²) in [6.45, 7) is 1.57. The lowest BCUT2D eigenvalue weighted by molar-refractivity contribution is 0.458. The first kappa shape index (κ1) is 17.5. The number of sulfonamides is 1. The van der Waals surface area contributed by atoms with Gasteiger partial charge in [-0.05, 0) is 37.3 Å². The zero-order chi connectivity index (χ0) is 19.4. The average Bonchev–Trinajstić information content (AvgIpc) is 3.02. The molecule has 4 rings (SSSR count). The fourth-order valence-corrected chi connectivity index (χ4v) is 4.76. The van der Waals surface area contributed by atoms with Crippen LogP contribution in [0.2, 0.25) is 0 Å². The van der Waals surface area contributed by atoms with Crippen LogP contribution in [0.15, 0.2) is 47.6 Å². The first-order valence-corrected chi connectivity index (χ1v) is 9.87. The molecule has 2 aromatic heterocycles. The summed E-state index contributed by atoms with van der Waals surface area (Å²) in [7, 11) is -2.35. The standard InChI is InChI=1S/C18H18FN5O2S/c1-18(10-27(25,26)24(2)17(20)23-18)12-9-15-11(7-13(12)19)8-16(22-15)14-5-3-4-6-21-14/h3-9,22H,10H2,1-2H3,(H2,20,23)/t18-/m0/s1. The summed E-state index contributed by atoms with van der Waals surface area (Å²) in [5, 5.41) is 0.660. The molecule has 9 heteroatoms. The molecular weight excluding hydrogens is 369 g/mol. The molecule has 0 unspecified atom stereocenters. The van der Waals surface area contributed by atoms with Crippen LogP contribution < -0.4 is 5.73 Å². The highest BCUT2D eigenvalue weighted by Gasteiger charge is 2.41. The van der Waals surface area contributed by atoms with Crippen molar-refractivity contribution in [2.45, 2.75) is 12.5 Å². The second-order valence-electron chi connectivity index (χ2n) is 6.78. The molecule has 1 aliphatic rings. The molecule has 0 radical (unpaired) electrons. The highest BCUT2D eigenvalue weighted by molar-refractivity contribution is 7.89. The molecule has 0 saturated carbocycles. The summed E-state index contributed by atoms with van der Waals surface area (Å²) in [5.74, 6) is -1.07. The van der Waals surface area contributed by atoms with Crippen LogP contribution in [0.4, 0.5) is 4.39 Å². The van der Waals surface area contributed by atoms with Gasteiger partial charge in [-0.2, -0.15) is 0 Å². The maximum atomic E-state index is 14.9. The average molecular weight is 387 g/mol. The largest absolute Gasteiger partial charge is 0.369 e. The molecule has 140 valence electrons. The van der Waals surface area contributed by atoms with Crippen molar-refractivity contribution < 1.29 is 12.8 Å². The van der Waals surface area contributed by atoms with Crippen LogP contribution in [0.5, 0.6) is 0 Å². The summed E-state index contributed by atoms with van der Waals surface area (Å²) in [6, 6.07) is 10.3. The van der Waals surface area contributed by atoms with Gasteiger partial charge in [-0.1, -0.05) is 6.07 Å². The topological polar surface area (TPSA) is 104 Å². The van der Waals surface area contributed by atoms with Gasteiger partial charge in [0.15, 0.2) is 0 Å². The summed E-state index contributed by atoms with van der Waals surface area (Å²) in [5.41, 5.74) is 6.76. The maximum absolute atomic E-state index is 14.9. The van der Waals surface area contributed by atoms with E-state index >= 15 is 0 Å². The Bertz CT molecular complexity index is 1170. The molecule has 0 fully saturated rings. The highest BCUT2D eigenvalue weighted by Crippen LogP contribution is 2.36. The van der Waals surface area contributed by atoms with Crippen LogP contribution in [0.25, 0.3) is 22.3 Å². The van der Waals surface area contributed by atoms with Crippen LogP contribution in [0.3, 0.4) is 0 Å². The molecule has 1 aliphatic heterocycles. The number of halogens is 1. The van der Waals surface area contributed by atoms with Crippen molar-refractivity contribution in [2.24, 2.45) is 10.7 Å². The number of hydrogen-bond acceptors (Lipinski definition) is 5. The van der Waals surface area contributed by atoms with Gasteiger partial charge in [0, 0.05) is 29.7 Å². The third-order valence-corrected chi connectivity index (χ3v) is 6.74. The number of guanidine groups is 1. The van der Waals surface area contributed by atoms with Gasteiger partial charge >= 0.3 is 0 Å². The van der Waals surface area contributed by atoms with E-state index in [0.717, 1.165) is 15.7 Å². The van der Waals surface area contributed by atoms with Gasteiger partial charge in [0.2, 0.25) is 16.0 Å². The Balaban J connectivity index is 1.87. The third-order valence-electron chi connectivity index (χ3n) is 4.79. The second-order valence-corrected chi connectivity index (χ2v) is 8.79. The van der Waals surface area contributed by atoms with Crippen LogP contribution in [-0.4, -0.2) is 41.5 Å². The second kappa shape index (κ2) is 5.78. The highest BCUT2D eigenvalue weighted by atomic mass is 32.2. The van der Waals surface area contributed by atoms with Crippen LogP contribution in [0.1, 0.15) is 12.5 Å². The van der Waals surface area contributed by atoms with Crippen LogP contribution >= 0.6 is 0 Å². The summed E-state index contributed by atoms with van der Waals surface area (Å²) >= 11 is 0. The fourth-order valence-electron chi connectivity index (χ4n) is 3.31. The van der Waals surface area contributed by atoms with E-state index in [2.05, 4.69) is 15.0 Å². The molecule has 1 aromatic carbocycles. The summed E-state index contributed by atoms with van der Waals surface area (Å²) in [4.78, 5) is 11.8. The number of rotatable bonds is 2. The minimum absolute atomic E-state index is 0.163. The van der Waals surface area contributed by atoms with Gasteiger partial charge in [-0.25, -0.2) is 22.1 Å². The molecule has 3 aromatic rings. The Morgan fingerprint density at radius 1 is 1.30 bits per heavy atom. The lowest BCUT2D eigenvalue weighted by Gasteiger charge is -2.34. The van der Waals surface area contributed by atoms with E-state index in [1.165, 1.54) is 13.1 Å². The molecule has 3 heterocycles. The number of fused-ring (bicyclic) bond motifs is 1. The molecule has 7 nitrogen and oxygen atoms in total. The van der Waals surface area contributed by atoms with Gasteiger partial charge in [0.05, 0.1) is 17.1 Å². The Morgan fingerprint density at radius 3 is 2.74 bits per heavy atom. The Labute approximate surface area is 155 Å². The monoisotopic (exact) mass is 387 g/mol. The molecule has 0 saturated heterocycles. The van der Waals surface area contributed by atoms with E-state index in [4.69, 9.17) is 5.73 Å². The van der Waals surface area contributed by atoms with E-state index in [1.807, 2.05) is 18.2 Å². The fraction of sp³-hybridized carbons (Fsp3) is 0.222. The van der Waals surface area contributed by atoms with Crippen molar-refractivity contribution in [1.82, 2.24) is 14.3 Å². The van der Waals surface area contributed by atoms with Crippen molar-refractivity contribution >= 4 is 26.9 Å². The minimum Gasteiger partial charge on any atom is -0.369 e. The van der Waals surface area contributed by atoms with E-state index in [9.17, 15) is 12.8 Å². The SMILES string of the molecule is CN1C(N)=N[C@](C)(c2cc3[nH]c(-c4ccccn4)cc3cc2F)CS1(=O)=O. The smallest absolute Gasteiger partial charge is 0.239 e. The first-order chi connectivity index (χ1) is 12.7. The number of aliphatic imine (C=N–C) groups is 1. The van der Waals surface area contributed by atoms with Crippen molar-refractivity contribution in [3.05, 3.63) is 54.0 Å². The molecule has 0 amide bonds. The summed E-state index contributed by atoms with van der Waals surface area (Å²) < 4.78 is 40.5. The number of H-pyrrole nitrogens is 1. The van der Waals surface area contributed by atoms with Gasteiger partial charge < -0.3 is 10.7 Å². The van der Waals surface area contributed by atoms with Crippen LogP contribution in [0, 0.1) is 5.82 Å². The number of benzene rings is 1. The predicted molar refractivity (Wildman–Crippen MR) is 102 cm³/mol. The Kier molecular flexibility index (Phi) is 3.74. The quantitative estimate of drug-likeness (QED) is 0.703. The summed E-state index contributed by atoms with van der Waals surface area (Å²) in [6.07, 6.45) is 1.68. The van der Waals surface area contributed by atoms with Gasteiger partial charge in [0.25, 0.3) is 0 Å². The number of pyridine rings is 1. The maximum Gasteiger partial charge on any atom is 0.239 e. The van der Waals surface area contributed by atoms with Crippen molar-refractivity contribution in [3.8, 4) is 11.4 Å². The number of hydrogen-bond donors (Lipinski definition) is 2. The van der Waals surface area contributed by atoms with E-state index in [-0.39, 0.29) is 17.3 Å². The van der Waals surface area contributed by atoms with Gasteiger partial charge in [-0.3, -0.25) is 4.98 Å². The molecular formula is C18H18FN5O2S. The lowest BCUT2D eigenvalue weighted by Crippen LogP contribution is -2.50.